The number of amides is 1. The molecule has 0 N–H and O–H groups in total. The lowest BCUT2D eigenvalue weighted by atomic mass is 10.1. The topological polar surface area (TPSA) is 32.8 Å². The van der Waals surface area contributed by atoms with Crippen molar-refractivity contribution in [1.82, 2.24) is 9.80 Å². The number of nitrogens with zero attached hydrogens (tertiary/aromatic N) is 2. The fourth-order valence-electron chi connectivity index (χ4n) is 2.51. The van der Waals surface area contributed by atoms with E-state index in [1.165, 1.54) is 0 Å². The Morgan fingerprint density at radius 3 is 2.38 bits per heavy atom. The third-order valence-electron chi connectivity index (χ3n) is 3.66. The zero-order valence-electron chi connectivity index (χ0n) is 13.7. The summed E-state index contributed by atoms with van der Waals surface area (Å²) in [4.78, 5) is 16.6. The maximum atomic E-state index is 12.5. The summed E-state index contributed by atoms with van der Waals surface area (Å²) in [5.41, 5.74) is 0.690. The number of ether oxygens (including phenoxy) is 1. The molecular formula is C17H26N2O2. The Balaban J connectivity index is 2.21. The number of hydrogen-bond acceptors (Lipinski definition) is 3. The molecule has 1 aliphatic rings. The lowest BCUT2D eigenvalue weighted by molar-refractivity contribution is 0.0198. The van der Waals surface area contributed by atoms with Crippen molar-refractivity contribution in [1.29, 1.82) is 0 Å². The third kappa shape index (κ3) is 3.97. The summed E-state index contributed by atoms with van der Waals surface area (Å²) in [5.74, 6) is 0. The molecule has 21 heavy (non-hydrogen) atoms. The van der Waals surface area contributed by atoms with Crippen LogP contribution in [0.4, 0.5) is 4.79 Å². The maximum absolute atomic E-state index is 12.5. The van der Waals surface area contributed by atoms with Crippen LogP contribution in [0.25, 0.3) is 0 Å². The minimum Gasteiger partial charge on any atom is -0.444 e. The minimum atomic E-state index is -0.469. The number of carbonyl (C=O) groups is 1. The van der Waals surface area contributed by atoms with Gasteiger partial charge in [0, 0.05) is 12.6 Å². The second-order valence-corrected chi connectivity index (χ2v) is 6.88. The number of rotatable bonds is 2. The van der Waals surface area contributed by atoms with E-state index in [0.717, 1.165) is 12.1 Å². The monoisotopic (exact) mass is 290 g/mol. The molecule has 2 rings (SSSR count). The predicted octanol–water partition coefficient (Wildman–Crippen LogP) is 3.65. The molecule has 0 saturated carbocycles. The van der Waals surface area contributed by atoms with Gasteiger partial charge in [0.05, 0.1) is 12.7 Å². The van der Waals surface area contributed by atoms with Crippen LogP contribution >= 0.6 is 0 Å². The average molecular weight is 290 g/mol. The molecule has 1 saturated heterocycles. The largest absolute Gasteiger partial charge is 0.444 e. The van der Waals surface area contributed by atoms with Crippen LogP contribution in [0, 0.1) is 0 Å². The van der Waals surface area contributed by atoms with Crippen LogP contribution in [0.5, 0.6) is 0 Å². The molecule has 4 nitrogen and oxygen atoms in total. The molecule has 1 heterocycles. The zero-order valence-corrected chi connectivity index (χ0v) is 13.7. The molecule has 0 aromatic heterocycles. The molecule has 0 bridgehead atoms. The van der Waals surface area contributed by atoms with Gasteiger partial charge in [-0.15, -0.1) is 0 Å². The highest BCUT2D eigenvalue weighted by Gasteiger charge is 2.37. The maximum Gasteiger partial charge on any atom is 0.411 e. The molecule has 0 spiro atoms. The smallest absolute Gasteiger partial charge is 0.411 e. The van der Waals surface area contributed by atoms with E-state index in [2.05, 4.69) is 30.9 Å². The Bertz CT molecular complexity index is 479. The molecule has 1 aliphatic heterocycles. The van der Waals surface area contributed by atoms with Crippen LogP contribution < -0.4 is 0 Å². The lowest BCUT2D eigenvalue weighted by Crippen LogP contribution is -2.38. The van der Waals surface area contributed by atoms with Gasteiger partial charge in [0.2, 0.25) is 0 Å². The van der Waals surface area contributed by atoms with Crippen LogP contribution in [0.2, 0.25) is 0 Å². The van der Waals surface area contributed by atoms with E-state index in [0.29, 0.717) is 12.7 Å². The standard InChI is InChI=1S/C17H26N2O2/c1-13(2)18-11-15(14-9-7-6-8-10-14)19(12-18)16(20)21-17(3,4)5/h6-10,13,15H,11-12H2,1-5H3. The molecule has 116 valence electrons. The number of carbonyl (C=O) groups excluding carboxylic acids is 1. The third-order valence-corrected chi connectivity index (χ3v) is 3.66. The van der Waals surface area contributed by atoms with E-state index < -0.39 is 5.60 Å². The van der Waals surface area contributed by atoms with Crippen LogP contribution in [-0.2, 0) is 4.74 Å². The average Bonchev–Trinajstić information content (AvgIpc) is 2.83. The van der Waals surface area contributed by atoms with Crippen molar-refractivity contribution in [2.45, 2.75) is 52.3 Å². The van der Waals surface area contributed by atoms with Crippen LogP contribution in [0.3, 0.4) is 0 Å². The van der Waals surface area contributed by atoms with E-state index >= 15 is 0 Å². The van der Waals surface area contributed by atoms with Crippen molar-refractivity contribution in [3.63, 3.8) is 0 Å². The van der Waals surface area contributed by atoms with Crippen molar-refractivity contribution >= 4 is 6.09 Å². The van der Waals surface area contributed by atoms with Crippen molar-refractivity contribution in [3.05, 3.63) is 35.9 Å². The Morgan fingerprint density at radius 1 is 1.24 bits per heavy atom. The Morgan fingerprint density at radius 2 is 1.86 bits per heavy atom. The van der Waals surface area contributed by atoms with Gasteiger partial charge < -0.3 is 4.74 Å². The number of hydrogen-bond donors (Lipinski definition) is 0. The highest BCUT2D eigenvalue weighted by Crippen LogP contribution is 2.30. The van der Waals surface area contributed by atoms with Gasteiger partial charge in [-0.2, -0.15) is 0 Å². The van der Waals surface area contributed by atoms with Crippen LogP contribution in [0.1, 0.15) is 46.2 Å². The van der Waals surface area contributed by atoms with Crippen molar-refractivity contribution < 1.29 is 9.53 Å². The van der Waals surface area contributed by atoms with E-state index in [1.54, 1.807) is 0 Å². The molecule has 4 heteroatoms. The number of benzene rings is 1. The molecule has 1 aromatic rings. The van der Waals surface area contributed by atoms with Gasteiger partial charge in [-0.05, 0) is 40.2 Å². The van der Waals surface area contributed by atoms with E-state index in [4.69, 9.17) is 4.74 Å². The van der Waals surface area contributed by atoms with Gasteiger partial charge in [-0.3, -0.25) is 9.80 Å². The first-order valence-electron chi connectivity index (χ1n) is 7.56. The second kappa shape index (κ2) is 6.06. The molecule has 0 aliphatic carbocycles. The molecule has 0 radical (unpaired) electrons. The van der Waals surface area contributed by atoms with Gasteiger partial charge in [-0.25, -0.2) is 4.79 Å². The van der Waals surface area contributed by atoms with Gasteiger partial charge in [-0.1, -0.05) is 30.3 Å². The lowest BCUT2D eigenvalue weighted by Gasteiger charge is -2.28. The molecule has 1 fully saturated rings. The van der Waals surface area contributed by atoms with Crippen molar-refractivity contribution in [2.24, 2.45) is 0 Å². The summed E-state index contributed by atoms with van der Waals surface area (Å²) in [7, 11) is 0. The fourth-order valence-corrected chi connectivity index (χ4v) is 2.51. The van der Waals surface area contributed by atoms with Gasteiger partial charge in [0.15, 0.2) is 0 Å². The Hall–Kier alpha value is -1.55. The van der Waals surface area contributed by atoms with E-state index in [-0.39, 0.29) is 12.1 Å². The first kappa shape index (κ1) is 15.8. The Labute approximate surface area is 127 Å². The van der Waals surface area contributed by atoms with Gasteiger partial charge >= 0.3 is 6.09 Å². The summed E-state index contributed by atoms with van der Waals surface area (Å²) in [5, 5.41) is 0. The molecule has 1 aromatic carbocycles. The first-order valence-corrected chi connectivity index (χ1v) is 7.56. The minimum absolute atomic E-state index is 0.0587. The predicted molar refractivity (Wildman–Crippen MR) is 84.0 cm³/mol. The summed E-state index contributed by atoms with van der Waals surface area (Å²) >= 11 is 0. The SMILES string of the molecule is CC(C)N1CC(c2ccccc2)N(C(=O)OC(C)(C)C)C1. The molecule has 1 atom stereocenters. The highest BCUT2D eigenvalue weighted by atomic mass is 16.6. The van der Waals surface area contributed by atoms with E-state index in [9.17, 15) is 4.79 Å². The summed E-state index contributed by atoms with van der Waals surface area (Å²) < 4.78 is 5.56. The summed E-state index contributed by atoms with van der Waals surface area (Å²) in [6.07, 6.45) is -0.237. The first-order chi connectivity index (χ1) is 9.78. The van der Waals surface area contributed by atoms with Crippen LogP contribution in [0.15, 0.2) is 30.3 Å². The zero-order chi connectivity index (χ0) is 15.6. The van der Waals surface area contributed by atoms with Crippen molar-refractivity contribution in [3.8, 4) is 0 Å². The van der Waals surface area contributed by atoms with Crippen molar-refractivity contribution in [2.75, 3.05) is 13.2 Å². The summed E-state index contributed by atoms with van der Waals surface area (Å²) in [6.45, 7) is 11.5. The highest BCUT2D eigenvalue weighted by molar-refractivity contribution is 5.69. The Kier molecular flexibility index (Phi) is 4.57. The second-order valence-electron chi connectivity index (χ2n) is 6.88. The molecule has 1 amide bonds. The van der Waals surface area contributed by atoms with Crippen LogP contribution in [-0.4, -0.2) is 40.7 Å². The molecule has 1 unspecified atom stereocenters. The quantitative estimate of drug-likeness (QED) is 0.833. The van der Waals surface area contributed by atoms with Gasteiger partial charge in [0.1, 0.15) is 5.60 Å². The van der Waals surface area contributed by atoms with Gasteiger partial charge in [0.25, 0.3) is 0 Å². The summed E-state index contributed by atoms with van der Waals surface area (Å²) in [6, 6.07) is 10.6. The van der Waals surface area contributed by atoms with E-state index in [1.807, 2.05) is 43.9 Å². The normalized spacial score (nSPS) is 20.1. The fraction of sp³-hybridized carbons (Fsp3) is 0.588. The molecular weight excluding hydrogens is 264 g/mol.